The van der Waals surface area contributed by atoms with Crippen LogP contribution in [0.5, 0.6) is 0 Å². The Bertz CT molecular complexity index is 753. The Morgan fingerprint density at radius 2 is 2.43 bits per heavy atom. The topological polar surface area (TPSA) is 75.6 Å². The number of aromatic amines is 1. The van der Waals surface area contributed by atoms with Gasteiger partial charge in [-0.25, -0.2) is 4.98 Å². The highest BCUT2D eigenvalue weighted by Crippen LogP contribution is 2.34. The van der Waals surface area contributed by atoms with Crippen molar-refractivity contribution in [3.63, 3.8) is 0 Å². The molecule has 2 aromatic heterocycles. The van der Waals surface area contributed by atoms with Crippen molar-refractivity contribution in [1.82, 2.24) is 19.7 Å². The third-order valence-electron chi connectivity index (χ3n) is 3.25. The molecule has 0 aliphatic heterocycles. The molecule has 0 saturated heterocycles. The van der Waals surface area contributed by atoms with Crippen molar-refractivity contribution in [2.75, 3.05) is 5.32 Å². The second-order valence-corrected chi connectivity index (χ2v) is 6.33. The molecular weight excluding hydrogens is 306 g/mol. The van der Waals surface area contributed by atoms with Gasteiger partial charge in [0.1, 0.15) is 0 Å². The van der Waals surface area contributed by atoms with E-state index in [1.54, 1.807) is 6.08 Å². The molecule has 0 bridgehead atoms. The summed E-state index contributed by atoms with van der Waals surface area (Å²) < 4.78 is 2.40. The summed E-state index contributed by atoms with van der Waals surface area (Å²) >= 11 is 6.62. The molecule has 0 radical (unpaired) electrons. The first-order valence-corrected chi connectivity index (χ1v) is 7.87. The van der Waals surface area contributed by atoms with Gasteiger partial charge in [-0.3, -0.25) is 14.5 Å². The lowest BCUT2D eigenvalue weighted by atomic mass is 10.3. The summed E-state index contributed by atoms with van der Waals surface area (Å²) in [7, 11) is 0. The molecule has 0 aromatic carbocycles. The number of anilines is 1. The average molecular weight is 321 g/mol. The molecule has 2 aromatic rings. The fraction of sp³-hybridized carbons (Fsp3) is 0.385. The van der Waals surface area contributed by atoms with Crippen LogP contribution in [0.2, 0.25) is 0 Å². The first kappa shape index (κ1) is 14.2. The predicted octanol–water partition coefficient (Wildman–Crippen LogP) is 2.91. The van der Waals surface area contributed by atoms with E-state index in [9.17, 15) is 4.79 Å². The van der Waals surface area contributed by atoms with Crippen LogP contribution >= 0.6 is 23.6 Å². The van der Waals surface area contributed by atoms with E-state index >= 15 is 0 Å². The number of amides is 1. The van der Waals surface area contributed by atoms with E-state index in [-0.39, 0.29) is 11.8 Å². The lowest BCUT2D eigenvalue weighted by Gasteiger charge is -2.01. The number of allylic oxidation sites excluding steroid dienone is 1. The fourth-order valence-electron chi connectivity index (χ4n) is 2.00. The molecule has 2 N–H and O–H groups in total. The van der Waals surface area contributed by atoms with Crippen LogP contribution in [0.1, 0.15) is 18.5 Å². The van der Waals surface area contributed by atoms with Gasteiger partial charge in [-0.2, -0.15) is 5.10 Å². The SMILES string of the molecule is C=CCn1c(-c2sc(NC(=O)C3CC3)nc2C)n[nH]c1=S. The van der Waals surface area contributed by atoms with E-state index < -0.39 is 0 Å². The molecule has 1 aliphatic carbocycles. The van der Waals surface area contributed by atoms with Gasteiger partial charge in [0, 0.05) is 12.5 Å². The Morgan fingerprint density at radius 3 is 3.10 bits per heavy atom. The number of hydrogen-bond donors (Lipinski definition) is 2. The van der Waals surface area contributed by atoms with E-state index in [2.05, 4.69) is 27.1 Å². The van der Waals surface area contributed by atoms with Crippen molar-refractivity contribution in [1.29, 1.82) is 0 Å². The van der Waals surface area contributed by atoms with E-state index in [0.29, 0.717) is 16.4 Å². The number of H-pyrrole nitrogens is 1. The van der Waals surface area contributed by atoms with E-state index in [0.717, 1.165) is 29.2 Å². The summed E-state index contributed by atoms with van der Waals surface area (Å²) in [5, 5.41) is 10.5. The number of hydrogen-bond acceptors (Lipinski definition) is 5. The van der Waals surface area contributed by atoms with Crippen LogP contribution in [0.4, 0.5) is 5.13 Å². The van der Waals surface area contributed by atoms with Crippen molar-refractivity contribution >= 4 is 34.6 Å². The Hall–Kier alpha value is -1.80. The Morgan fingerprint density at radius 1 is 1.67 bits per heavy atom. The highest BCUT2D eigenvalue weighted by atomic mass is 32.1. The van der Waals surface area contributed by atoms with Crippen LogP contribution in [0.15, 0.2) is 12.7 Å². The van der Waals surface area contributed by atoms with Crippen molar-refractivity contribution in [3.8, 4) is 10.7 Å². The number of nitrogens with one attached hydrogen (secondary N) is 2. The second-order valence-electron chi connectivity index (χ2n) is 4.95. The summed E-state index contributed by atoms with van der Waals surface area (Å²) in [4.78, 5) is 17.1. The van der Waals surface area contributed by atoms with Crippen molar-refractivity contribution in [3.05, 3.63) is 23.1 Å². The quantitative estimate of drug-likeness (QED) is 0.656. The highest BCUT2D eigenvalue weighted by Gasteiger charge is 2.30. The first-order chi connectivity index (χ1) is 10.1. The monoisotopic (exact) mass is 321 g/mol. The zero-order valence-corrected chi connectivity index (χ0v) is 13.2. The highest BCUT2D eigenvalue weighted by molar-refractivity contribution is 7.71. The molecule has 110 valence electrons. The summed E-state index contributed by atoms with van der Waals surface area (Å²) in [5.41, 5.74) is 0.824. The molecule has 1 saturated carbocycles. The van der Waals surface area contributed by atoms with Gasteiger partial charge in [0.05, 0.1) is 10.6 Å². The fourth-order valence-corrected chi connectivity index (χ4v) is 3.17. The zero-order chi connectivity index (χ0) is 15.0. The Labute approximate surface area is 130 Å². The van der Waals surface area contributed by atoms with Crippen LogP contribution < -0.4 is 5.32 Å². The molecule has 1 aliphatic rings. The minimum absolute atomic E-state index is 0.0558. The minimum atomic E-state index is 0.0558. The second kappa shape index (κ2) is 5.53. The van der Waals surface area contributed by atoms with Crippen molar-refractivity contribution < 1.29 is 4.79 Å². The van der Waals surface area contributed by atoms with Crippen LogP contribution in [0.25, 0.3) is 10.7 Å². The van der Waals surface area contributed by atoms with Crippen LogP contribution in [-0.2, 0) is 11.3 Å². The summed E-state index contributed by atoms with van der Waals surface area (Å²) in [5.74, 6) is 0.940. The molecule has 3 rings (SSSR count). The molecule has 1 amide bonds. The van der Waals surface area contributed by atoms with Gasteiger partial charge in [-0.1, -0.05) is 17.4 Å². The number of carbonyl (C=O) groups is 1. The van der Waals surface area contributed by atoms with Gasteiger partial charge < -0.3 is 5.32 Å². The molecule has 0 unspecified atom stereocenters. The van der Waals surface area contributed by atoms with Crippen molar-refractivity contribution in [2.24, 2.45) is 5.92 Å². The van der Waals surface area contributed by atoms with Gasteiger partial charge >= 0.3 is 0 Å². The largest absolute Gasteiger partial charge is 0.302 e. The maximum atomic E-state index is 11.8. The smallest absolute Gasteiger partial charge is 0.229 e. The van der Waals surface area contributed by atoms with Gasteiger partial charge in [0.2, 0.25) is 5.91 Å². The molecular formula is C13H15N5OS2. The number of thiazole rings is 1. The van der Waals surface area contributed by atoms with Gasteiger partial charge in [0.25, 0.3) is 0 Å². The van der Waals surface area contributed by atoms with Gasteiger partial charge in [0.15, 0.2) is 15.7 Å². The molecule has 6 nitrogen and oxygen atoms in total. The standard InChI is InChI=1S/C13H15N5OS2/c1-3-6-18-10(16-17-13(18)20)9-7(2)14-12(21-9)15-11(19)8-4-5-8/h3,8H,1,4-6H2,2H3,(H,17,20)(H,14,15,19). The summed E-state index contributed by atoms with van der Waals surface area (Å²) in [6.45, 7) is 6.20. The first-order valence-electron chi connectivity index (χ1n) is 6.65. The zero-order valence-electron chi connectivity index (χ0n) is 11.5. The lowest BCUT2D eigenvalue weighted by Crippen LogP contribution is -2.12. The maximum Gasteiger partial charge on any atom is 0.229 e. The number of aromatic nitrogens is 4. The van der Waals surface area contributed by atoms with Gasteiger partial charge in [-0.05, 0) is 32.0 Å². The maximum absolute atomic E-state index is 11.8. The lowest BCUT2D eigenvalue weighted by molar-refractivity contribution is -0.117. The minimum Gasteiger partial charge on any atom is -0.302 e. The molecule has 1 fully saturated rings. The van der Waals surface area contributed by atoms with Crippen LogP contribution in [0, 0.1) is 17.6 Å². The molecule has 2 heterocycles. The number of carbonyl (C=O) groups excluding carboxylic acids is 1. The van der Waals surface area contributed by atoms with E-state index in [1.807, 2.05) is 11.5 Å². The molecule has 0 spiro atoms. The summed E-state index contributed by atoms with van der Waals surface area (Å²) in [6.07, 6.45) is 3.71. The molecule has 8 heteroatoms. The summed E-state index contributed by atoms with van der Waals surface area (Å²) in [6, 6.07) is 0. The van der Waals surface area contributed by atoms with Gasteiger partial charge in [-0.15, -0.1) is 6.58 Å². The van der Waals surface area contributed by atoms with Crippen molar-refractivity contribution in [2.45, 2.75) is 26.3 Å². The van der Waals surface area contributed by atoms with Crippen LogP contribution in [-0.4, -0.2) is 25.7 Å². The Kier molecular flexibility index (Phi) is 3.73. The van der Waals surface area contributed by atoms with E-state index in [4.69, 9.17) is 12.2 Å². The number of rotatable bonds is 5. The molecule has 21 heavy (non-hydrogen) atoms. The number of aryl methyl sites for hydroxylation is 1. The number of nitrogens with zero attached hydrogens (tertiary/aromatic N) is 3. The molecule has 0 atom stereocenters. The Balaban J connectivity index is 1.92. The van der Waals surface area contributed by atoms with E-state index in [1.165, 1.54) is 11.3 Å². The predicted molar refractivity (Wildman–Crippen MR) is 84.8 cm³/mol. The van der Waals surface area contributed by atoms with Crippen LogP contribution in [0.3, 0.4) is 0 Å². The third-order valence-corrected chi connectivity index (χ3v) is 4.63. The normalized spacial score (nSPS) is 14.1. The average Bonchev–Trinajstić information content (AvgIpc) is 3.16. The third kappa shape index (κ3) is 2.81.